The van der Waals surface area contributed by atoms with Crippen LogP contribution in [0.1, 0.15) is 38.3 Å². The molecular weight excluding hydrogens is 395 g/mol. The highest BCUT2D eigenvalue weighted by atomic mass is 35.5. The number of nitrogens with zero attached hydrogens (tertiary/aromatic N) is 1. The van der Waals surface area contributed by atoms with Crippen LogP contribution < -0.4 is 5.32 Å². The summed E-state index contributed by atoms with van der Waals surface area (Å²) in [7, 11) is 0. The van der Waals surface area contributed by atoms with Crippen LogP contribution in [0.3, 0.4) is 0 Å². The van der Waals surface area contributed by atoms with E-state index in [1.54, 1.807) is 23.1 Å². The maximum Gasteiger partial charge on any atom is 0.243 e. The van der Waals surface area contributed by atoms with Crippen LogP contribution in [0.15, 0.2) is 48.5 Å². The van der Waals surface area contributed by atoms with Gasteiger partial charge in [-0.2, -0.15) is 0 Å². The first kappa shape index (κ1) is 22.3. The SMILES string of the molecule is CC[C@@H](C(=O)NC(C)C)N(Cc1ccccc1)C(=O)Cc1c(Cl)cccc1Cl. The Bertz CT molecular complexity index is 789. The van der Waals surface area contributed by atoms with Crippen molar-refractivity contribution in [2.75, 3.05) is 0 Å². The Balaban J connectivity index is 2.33. The number of hydrogen-bond acceptors (Lipinski definition) is 2. The molecule has 0 fully saturated rings. The minimum Gasteiger partial charge on any atom is -0.352 e. The zero-order chi connectivity index (χ0) is 20.7. The molecule has 150 valence electrons. The molecule has 0 bridgehead atoms. The van der Waals surface area contributed by atoms with E-state index in [4.69, 9.17) is 23.2 Å². The number of carbonyl (C=O) groups is 2. The Morgan fingerprint density at radius 3 is 2.14 bits per heavy atom. The van der Waals surface area contributed by atoms with Crippen LogP contribution in [-0.2, 0) is 22.6 Å². The molecule has 1 N–H and O–H groups in total. The Morgan fingerprint density at radius 2 is 1.61 bits per heavy atom. The third-order valence-electron chi connectivity index (χ3n) is 4.40. The van der Waals surface area contributed by atoms with E-state index in [-0.39, 0.29) is 24.3 Å². The third-order valence-corrected chi connectivity index (χ3v) is 5.11. The third kappa shape index (κ3) is 5.98. The van der Waals surface area contributed by atoms with Crippen LogP contribution in [0, 0.1) is 0 Å². The second-order valence-electron chi connectivity index (χ2n) is 6.97. The zero-order valence-electron chi connectivity index (χ0n) is 16.4. The van der Waals surface area contributed by atoms with Gasteiger partial charge < -0.3 is 10.2 Å². The summed E-state index contributed by atoms with van der Waals surface area (Å²) >= 11 is 12.5. The molecule has 6 heteroatoms. The Labute approximate surface area is 176 Å². The van der Waals surface area contributed by atoms with Crippen molar-refractivity contribution in [1.82, 2.24) is 10.2 Å². The van der Waals surface area contributed by atoms with Gasteiger partial charge in [-0.25, -0.2) is 0 Å². The van der Waals surface area contributed by atoms with Crippen molar-refractivity contribution in [3.63, 3.8) is 0 Å². The van der Waals surface area contributed by atoms with Crippen molar-refractivity contribution in [3.05, 3.63) is 69.7 Å². The largest absolute Gasteiger partial charge is 0.352 e. The maximum atomic E-state index is 13.2. The van der Waals surface area contributed by atoms with E-state index < -0.39 is 6.04 Å². The highest BCUT2D eigenvalue weighted by molar-refractivity contribution is 6.36. The molecular formula is C22H26Cl2N2O2. The van der Waals surface area contributed by atoms with Gasteiger partial charge >= 0.3 is 0 Å². The fourth-order valence-electron chi connectivity index (χ4n) is 3.03. The smallest absolute Gasteiger partial charge is 0.243 e. The lowest BCUT2D eigenvalue weighted by Gasteiger charge is -2.31. The van der Waals surface area contributed by atoms with Gasteiger partial charge in [0.25, 0.3) is 0 Å². The minimum atomic E-state index is -0.573. The fourth-order valence-corrected chi connectivity index (χ4v) is 3.57. The molecule has 28 heavy (non-hydrogen) atoms. The summed E-state index contributed by atoms with van der Waals surface area (Å²) in [5.41, 5.74) is 1.53. The first-order valence-corrected chi connectivity index (χ1v) is 10.2. The average Bonchev–Trinajstić information content (AvgIpc) is 2.64. The maximum absolute atomic E-state index is 13.2. The Hall–Kier alpha value is -2.04. The molecule has 0 radical (unpaired) electrons. The molecule has 0 aliphatic heterocycles. The number of benzene rings is 2. The van der Waals surface area contributed by atoms with Gasteiger partial charge in [0, 0.05) is 22.6 Å². The van der Waals surface area contributed by atoms with Crippen LogP contribution in [0.2, 0.25) is 10.0 Å². The molecule has 2 rings (SSSR count). The van der Waals surface area contributed by atoms with Crippen LogP contribution in [0.5, 0.6) is 0 Å². The van der Waals surface area contributed by atoms with Crippen molar-refractivity contribution in [2.24, 2.45) is 0 Å². The van der Waals surface area contributed by atoms with Crippen molar-refractivity contribution in [2.45, 2.75) is 52.2 Å². The average molecular weight is 421 g/mol. The van der Waals surface area contributed by atoms with Crippen LogP contribution in [-0.4, -0.2) is 28.8 Å². The van der Waals surface area contributed by atoms with E-state index in [0.29, 0.717) is 28.6 Å². The normalized spacial score (nSPS) is 11.9. The molecule has 0 aromatic heterocycles. The van der Waals surface area contributed by atoms with Gasteiger partial charge in [0.05, 0.1) is 6.42 Å². The molecule has 2 amide bonds. The highest BCUT2D eigenvalue weighted by Crippen LogP contribution is 2.26. The molecule has 0 spiro atoms. The summed E-state index contributed by atoms with van der Waals surface area (Å²) in [5.74, 6) is -0.350. The number of rotatable bonds is 8. The molecule has 0 unspecified atom stereocenters. The molecule has 1 atom stereocenters. The molecule has 0 aliphatic rings. The second-order valence-corrected chi connectivity index (χ2v) is 7.79. The van der Waals surface area contributed by atoms with Gasteiger partial charge in [0.2, 0.25) is 11.8 Å². The molecule has 4 nitrogen and oxygen atoms in total. The molecule has 2 aromatic rings. The van der Waals surface area contributed by atoms with E-state index in [9.17, 15) is 9.59 Å². The van der Waals surface area contributed by atoms with Gasteiger partial charge in [0.15, 0.2) is 0 Å². The topological polar surface area (TPSA) is 49.4 Å². The standard InChI is InChI=1S/C22H26Cl2N2O2/c1-4-20(22(28)25-15(2)3)26(14-16-9-6-5-7-10-16)21(27)13-17-18(23)11-8-12-19(17)24/h5-12,15,20H,4,13-14H2,1-3H3,(H,25,28)/t20-/m0/s1. The summed E-state index contributed by atoms with van der Waals surface area (Å²) < 4.78 is 0. The predicted octanol–water partition coefficient (Wildman–Crippen LogP) is 4.87. The number of carbonyl (C=O) groups excluding carboxylic acids is 2. The number of halogens is 2. The van der Waals surface area contributed by atoms with E-state index in [1.807, 2.05) is 51.1 Å². The summed E-state index contributed by atoms with van der Waals surface area (Å²) in [6.45, 7) is 6.04. The van der Waals surface area contributed by atoms with Gasteiger partial charge in [-0.1, -0.05) is 66.5 Å². The molecule has 0 heterocycles. The monoisotopic (exact) mass is 420 g/mol. The van der Waals surface area contributed by atoms with E-state index in [2.05, 4.69) is 5.32 Å². The fraction of sp³-hybridized carbons (Fsp3) is 0.364. The minimum absolute atomic E-state index is 0.00626. The van der Waals surface area contributed by atoms with Gasteiger partial charge in [-0.05, 0) is 43.5 Å². The predicted molar refractivity (Wildman–Crippen MR) is 115 cm³/mol. The second kappa shape index (κ2) is 10.5. The molecule has 2 aromatic carbocycles. The van der Waals surface area contributed by atoms with E-state index in [0.717, 1.165) is 5.56 Å². The highest BCUT2D eigenvalue weighted by Gasteiger charge is 2.29. The molecule has 0 saturated carbocycles. The summed E-state index contributed by atoms with van der Waals surface area (Å²) in [4.78, 5) is 27.6. The Morgan fingerprint density at radius 1 is 1.00 bits per heavy atom. The summed E-state index contributed by atoms with van der Waals surface area (Å²) in [6, 6.07) is 14.2. The lowest BCUT2D eigenvalue weighted by Crippen LogP contribution is -2.50. The number of hydrogen-bond donors (Lipinski definition) is 1. The first-order valence-electron chi connectivity index (χ1n) is 9.40. The lowest BCUT2D eigenvalue weighted by molar-refractivity contribution is -0.141. The Kier molecular flexibility index (Phi) is 8.34. The van der Waals surface area contributed by atoms with Crippen molar-refractivity contribution < 1.29 is 9.59 Å². The van der Waals surface area contributed by atoms with Gasteiger partial charge in [0.1, 0.15) is 6.04 Å². The van der Waals surface area contributed by atoms with Crippen molar-refractivity contribution in [1.29, 1.82) is 0 Å². The quantitative estimate of drug-likeness (QED) is 0.661. The summed E-state index contributed by atoms with van der Waals surface area (Å²) in [5, 5.41) is 3.81. The van der Waals surface area contributed by atoms with Gasteiger partial charge in [-0.3, -0.25) is 9.59 Å². The van der Waals surface area contributed by atoms with Crippen LogP contribution in [0.4, 0.5) is 0 Å². The summed E-state index contributed by atoms with van der Waals surface area (Å²) in [6.07, 6.45) is 0.546. The number of amides is 2. The van der Waals surface area contributed by atoms with Crippen molar-refractivity contribution >= 4 is 35.0 Å². The number of nitrogens with one attached hydrogen (secondary N) is 1. The molecule has 0 aliphatic carbocycles. The lowest BCUT2D eigenvalue weighted by atomic mass is 10.1. The van der Waals surface area contributed by atoms with Crippen molar-refractivity contribution in [3.8, 4) is 0 Å². The van der Waals surface area contributed by atoms with E-state index in [1.165, 1.54) is 0 Å². The first-order chi connectivity index (χ1) is 13.3. The van der Waals surface area contributed by atoms with Crippen LogP contribution >= 0.6 is 23.2 Å². The van der Waals surface area contributed by atoms with Gasteiger partial charge in [-0.15, -0.1) is 0 Å². The molecule has 0 saturated heterocycles. The zero-order valence-corrected chi connectivity index (χ0v) is 17.9. The van der Waals surface area contributed by atoms with E-state index >= 15 is 0 Å². The van der Waals surface area contributed by atoms with Crippen LogP contribution in [0.25, 0.3) is 0 Å².